The Balaban J connectivity index is 0.000000250. The Morgan fingerprint density at radius 3 is 1.39 bits per heavy atom. The Morgan fingerprint density at radius 2 is 1.07 bits per heavy atom. The molecule has 0 atom stereocenters. The zero-order chi connectivity index (χ0) is 34.1. The molecule has 0 fully saturated rings. The van der Waals surface area contributed by atoms with Crippen molar-refractivity contribution in [2.75, 3.05) is 34.8 Å². The van der Waals surface area contributed by atoms with Gasteiger partial charge in [-0.3, -0.25) is 13.4 Å². The number of halogens is 2. The van der Waals surface area contributed by atoms with Gasteiger partial charge in [0.05, 0.1) is 61.8 Å². The van der Waals surface area contributed by atoms with Gasteiger partial charge in [-0.2, -0.15) is 0 Å². The number of sulfonamides is 2. The largest absolute Gasteiger partial charge is 0.465 e. The minimum atomic E-state index is -3.54. The minimum absolute atomic E-state index is 0.0309. The topological polar surface area (TPSA) is 144 Å². The standard InChI is InChI=1S/C16H17FN2O3S.C16H16FNO4S/c1-23(21,22)19(13-5-3-2-4-6-13)11-12-7-8-14(15(17)9-12)16(20)10-18;1-22-16(19)14-9-8-12(10-15(14)17)11-18(23(2,20)21)13-6-4-3-5-7-13/h2-9H,10-11,18H2,1H3;3-10H,11H2,1-2H3. The van der Waals surface area contributed by atoms with Gasteiger partial charge < -0.3 is 10.5 Å². The van der Waals surface area contributed by atoms with E-state index in [1.165, 1.54) is 32.9 Å². The fourth-order valence-corrected chi connectivity index (χ4v) is 6.02. The predicted molar refractivity (Wildman–Crippen MR) is 172 cm³/mol. The number of rotatable bonds is 11. The zero-order valence-electron chi connectivity index (χ0n) is 25.3. The van der Waals surface area contributed by atoms with E-state index in [1.807, 2.05) is 0 Å². The molecule has 4 aromatic rings. The fraction of sp³-hybridized carbons (Fsp3) is 0.188. The number of benzene rings is 4. The first-order chi connectivity index (χ1) is 21.6. The van der Waals surface area contributed by atoms with E-state index in [0.717, 1.165) is 31.8 Å². The van der Waals surface area contributed by atoms with Gasteiger partial charge in [0.2, 0.25) is 20.0 Å². The fourth-order valence-electron chi connectivity index (χ4n) is 4.25. The molecule has 0 amide bonds. The van der Waals surface area contributed by atoms with Crippen LogP contribution in [0.15, 0.2) is 97.1 Å². The van der Waals surface area contributed by atoms with Gasteiger partial charge in [-0.1, -0.05) is 48.5 Å². The Morgan fingerprint density at radius 1 is 0.674 bits per heavy atom. The Kier molecular flexibility index (Phi) is 12.1. The van der Waals surface area contributed by atoms with Crippen molar-refractivity contribution in [1.29, 1.82) is 0 Å². The lowest BCUT2D eigenvalue weighted by atomic mass is 10.1. The first-order valence-electron chi connectivity index (χ1n) is 13.6. The number of nitrogens with two attached hydrogens (primary N) is 1. The monoisotopic (exact) mass is 673 g/mol. The van der Waals surface area contributed by atoms with Gasteiger partial charge in [0.1, 0.15) is 11.6 Å². The lowest BCUT2D eigenvalue weighted by Crippen LogP contribution is -2.29. The second kappa shape index (κ2) is 15.6. The second-order valence-electron chi connectivity index (χ2n) is 9.96. The zero-order valence-corrected chi connectivity index (χ0v) is 26.9. The van der Waals surface area contributed by atoms with Crippen LogP contribution in [-0.4, -0.2) is 54.8 Å². The van der Waals surface area contributed by atoms with E-state index >= 15 is 0 Å². The Hall–Kier alpha value is -4.66. The van der Waals surface area contributed by atoms with E-state index in [1.54, 1.807) is 60.7 Å². The third-order valence-corrected chi connectivity index (χ3v) is 8.78. The molecule has 0 spiro atoms. The maximum atomic E-state index is 14.0. The molecule has 0 saturated heterocycles. The van der Waals surface area contributed by atoms with Crippen LogP contribution < -0.4 is 14.3 Å². The number of Topliss-reactive ketones (excluding diaryl/α,β-unsaturated/α-hetero) is 1. The molecule has 46 heavy (non-hydrogen) atoms. The number of carbonyl (C=O) groups excluding carboxylic acids is 2. The van der Waals surface area contributed by atoms with Crippen molar-refractivity contribution in [1.82, 2.24) is 0 Å². The SMILES string of the molecule is COC(=O)c1ccc(CN(c2ccccc2)S(C)(=O)=O)cc1F.CS(=O)(=O)N(Cc1ccc(C(=O)CN)c(F)c1)c1ccccc1. The molecule has 0 aliphatic rings. The number of anilines is 2. The Labute approximate surface area is 267 Å². The van der Waals surface area contributed by atoms with E-state index in [0.29, 0.717) is 22.5 Å². The molecule has 0 aromatic heterocycles. The first kappa shape index (κ1) is 35.8. The summed E-state index contributed by atoms with van der Waals surface area (Å²) in [5, 5.41) is 0. The summed E-state index contributed by atoms with van der Waals surface area (Å²) in [6.07, 6.45) is 2.17. The molecule has 2 N–H and O–H groups in total. The van der Waals surface area contributed by atoms with Crippen LogP contribution >= 0.6 is 0 Å². The molecule has 0 unspecified atom stereocenters. The first-order valence-corrected chi connectivity index (χ1v) is 17.3. The third-order valence-electron chi connectivity index (χ3n) is 6.50. The molecule has 10 nitrogen and oxygen atoms in total. The van der Waals surface area contributed by atoms with Crippen molar-refractivity contribution in [2.24, 2.45) is 5.73 Å². The predicted octanol–water partition coefficient (Wildman–Crippen LogP) is 4.51. The van der Waals surface area contributed by atoms with Gasteiger partial charge in [0.25, 0.3) is 0 Å². The highest BCUT2D eigenvalue weighted by atomic mass is 32.2. The lowest BCUT2D eigenvalue weighted by molar-refractivity contribution is 0.0595. The number of carbonyl (C=O) groups is 2. The third kappa shape index (κ3) is 9.67. The maximum Gasteiger partial charge on any atom is 0.340 e. The van der Waals surface area contributed by atoms with Crippen LogP contribution in [0, 0.1) is 11.6 Å². The number of esters is 1. The van der Waals surface area contributed by atoms with Crippen molar-refractivity contribution in [3.8, 4) is 0 Å². The van der Waals surface area contributed by atoms with Crippen LogP contribution in [0.25, 0.3) is 0 Å². The Bertz CT molecular complexity index is 1750. The summed E-state index contributed by atoms with van der Waals surface area (Å²) in [4.78, 5) is 22.9. The van der Waals surface area contributed by atoms with Crippen LogP contribution in [0.1, 0.15) is 31.8 Å². The number of hydrogen-bond donors (Lipinski definition) is 1. The molecule has 0 bridgehead atoms. The van der Waals surface area contributed by atoms with Crippen molar-refractivity contribution in [3.05, 3.63) is 131 Å². The maximum absolute atomic E-state index is 14.0. The molecule has 4 rings (SSSR count). The summed E-state index contributed by atoms with van der Waals surface area (Å²) in [6.45, 7) is -0.353. The van der Waals surface area contributed by atoms with Crippen molar-refractivity contribution in [2.45, 2.75) is 13.1 Å². The van der Waals surface area contributed by atoms with Crippen LogP contribution in [0.2, 0.25) is 0 Å². The van der Waals surface area contributed by atoms with Crippen LogP contribution in [0.4, 0.5) is 20.2 Å². The number of methoxy groups -OCH3 is 1. The van der Waals surface area contributed by atoms with Gasteiger partial charge in [0.15, 0.2) is 5.78 Å². The summed E-state index contributed by atoms with van der Waals surface area (Å²) in [6, 6.07) is 24.9. The molecular weight excluding hydrogens is 640 g/mol. The highest BCUT2D eigenvalue weighted by Crippen LogP contribution is 2.23. The summed E-state index contributed by atoms with van der Waals surface area (Å²) < 4.78 is 82.8. The summed E-state index contributed by atoms with van der Waals surface area (Å²) in [5.41, 5.74) is 6.75. The lowest BCUT2D eigenvalue weighted by Gasteiger charge is -2.22. The van der Waals surface area contributed by atoms with Crippen LogP contribution in [-0.2, 0) is 37.9 Å². The van der Waals surface area contributed by atoms with E-state index in [2.05, 4.69) is 4.74 Å². The molecule has 4 aromatic carbocycles. The van der Waals surface area contributed by atoms with Crippen molar-refractivity contribution in [3.63, 3.8) is 0 Å². The molecular formula is C32H33F2N3O7S2. The molecule has 0 heterocycles. The normalized spacial score (nSPS) is 11.2. The van der Waals surface area contributed by atoms with E-state index in [4.69, 9.17) is 5.73 Å². The van der Waals surface area contributed by atoms with Crippen LogP contribution in [0.5, 0.6) is 0 Å². The quantitative estimate of drug-likeness (QED) is 0.181. The molecule has 244 valence electrons. The van der Waals surface area contributed by atoms with E-state index in [-0.39, 0.29) is 30.8 Å². The molecule has 14 heteroatoms. The minimum Gasteiger partial charge on any atom is -0.465 e. The summed E-state index contributed by atoms with van der Waals surface area (Å²) >= 11 is 0. The van der Waals surface area contributed by atoms with Crippen molar-refractivity contribution < 1.29 is 39.9 Å². The van der Waals surface area contributed by atoms with Gasteiger partial charge in [0, 0.05) is 0 Å². The van der Waals surface area contributed by atoms with Gasteiger partial charge in [-0.15, -0.1) is 0 Å². The number of ketones is 1. The highest BCUT2D eigenvalue weighted by molar-refractivity contribution is 7.92. The van der Waals surface area contributed by atoms with Crippen LogP contribution in [0.3, 0.4) is 0 Å². The molecule has 0 saturated carbocycles. The summed E-state index contributed by atoms with van der Waals surface area (Å²) in [5.74, 6) is -2.75. The number of nitrogens with zero attached hydrogens (tertiary/aromatic N) is 2. The van der Waals surface area contributed by atoms with Gasteiger partial charge in [-0.25, -0.2) is 30.4 Å². The van der Waals surface area contributed by atoms with Crippen molar-refractivity contribution >= 4 is 43.2 Å². The number of para-hydroxylation sites is 2. The molecule has 0 aliphatic heterocycles. The average Bonchev–Trinajstić information content (AvgIpc) is 3.02. The smallest absolute Gasteiger partial charge is 0.340 e. The van der Waals surface area contributed by atoms with Gasteiger partial charge in [-0.05, 0) is 59.7 Å². The van der Waals surface area contributed by atoms with E-state index in [9.17, 15) is 35.2 Å². The molecule has 0 radical (unpaired) electrons. The number of hydrogen-bond acceptors (Lipinski definition) is 8. The summed E-state index contributed by atoms with van der Waals surface area (Å²) in [7, 11) is -5.91. The van der Waals surface area contributed by atoms with E-state index < -0.39 is 43.4 Å². The van der Waals surface area contributed by atoms with Gasteiger partial charge >= 0.3 is 5.97 Å². The molecule has 0 aliphatic carbocycles. The highest BCUT2D eigenvalue weighted by Gasteiger charge is 2.21. The second-order valence-corrected chi connectivity index (χ2v) is 13.8. The average molecular weight is 674 g/mol. The number of ether oxygens (including phenoxy) is 1.